The molecule has 0 aliphatic carbocycles. The van der Waals surface area contributed by atoms with Crippen molar-refractivity contribution in [1.29, 1.82) is 5.26 Å². The Labute approximate surface area is 305 Å². The minimum atomic E-state index is 0.547. The van der Waals surface area contributed by atoms with Crippen molar-refractivity contribution in [3.63, 3.8) is 0 Å². The van der Waals surface area contributed by atoms with Crippen LogP contribution >= 0.6 is 0 Å². The average Bonchev–Trinajstić information content (AvgIpc) is 3.73. The van der Waals surface area contributed by atoms with Gasteiger partial charge in [-0.05, 0) is 84.9 Å². The number of pyridine rings is 1. The Hall–Kier alpha value is -7.55. The molecule has 53 heavy (non-hydrogen) atoms. The zero-order chi connectivity index (χ0) is 36.1. The van der Waals surface area contributed by atoms with E-state index in [2.05, 4.69) is 97.7 Å². The molecule has 0 aliphatic heterocycles. The summed E-state index contributed by atoms with van der Waals surface area (Å²) in [6.45, 7) is 7.58. The Bertz CT molecular complexity index is 2770. The molecule has 0 N–H and O–H groups in total. The van der Waals surface area contributed by atoms with E-state index in [9.17, 15) is 5.26 Å². The zero-order valence-electron chi connectivity index (χ0n) is 28.9. The predicted octanol–water partition coefficient (Wildman–Crippen LogP) is 11.2. The Morgan fingerprint density at radius 2 is 1.04 bits per heavy atom. The highest BCUT2D eigenvalue weighted by molar-refractivity contribution is 6.11. The van der Waals surface area contributed by atoms with Crippen LogP contribution in [0.4, 0.5) is 22.7 Å². The van der Waals surface area contributed by atoms with E-state index in [1.807, 2.05) is 72.8 Å². The molecule has 6 aromatic carbocycles. The quantitative estimate of drug-likeness (QED) is 0.156. The third kappa shape index (κ3) is 5.17. The van der Waals surface area contributed by atoms with Crippen LogP contribution in [0.2, 0.25) is 0 Å². The predicted molar refractivity (Wildman–Crippen MR) is 212 cm³/mol. The smallest absolute Gasteiger partial charge is 0.187 e. The van der Waals surface area contributed by atoms with Gasteiger partial charge in [0.1, 0.15) is 23.1 Å². The maximum atomic E-state index is 9.63. The normalized spacial score (nSPS) is 11.2. The van der Waals surface area contributed by atoms with Gasteiger partial charge in [0.2, 0.25) is 0 Å². The van der Waals surface area contributed by atoms with Crippen LogP contribution in [-0.4, -0.2) is 28.3 Å². The summed E-state index contributed by atoms with van der Waals surface area (Å²) in [6.07, 6.45) is 0. The molecule has 0 unspecified atom stereocenters. The van der Waals surface area contributed by atoms with Gasteiger partial charge in [-0.2, -0.15) is 5.26 Å². The first-order valence-corrected chi connectivity index (χ1v) is 17.0. The Morgan fingerprint density at radius 3 is 1.51 bits per heavy atom. The summed E-state index contributed by atoms with van der Waals surface area (Å²) < 4.78 is 15.7. The van der Waals surface area contributed by atoms with Crippen LogP contribution in [0.1, 0.15) is 5.56 Å². The van der Waals surface area contributed by atoms with Crippen molar-refractivity contribution in [3.8, 4) is 29.2 Å². The standard InChI is InChI=1S/C45H30N6O2/c1-47-30-14-18-32(19-15-30)49(31-16-12-29(28-46)13-17-31)33-24-44(50-40-10-6-4-8-36(40)37-9-5-7-11-41(37)50)48-45(25-33)51-42-22-20-34(52-2)26-38(42)39-27-35(53-3)21-23-43(39)51/h4-27H,2-3H3. The van der Waals surface area contributed by atoms with Crippen LogP contribution in [0.25, 0.3) is 60.1 Å². The number of ether oxygens (including phenoxy) is 2. The van der Waals surface area contributed by atoms with Crippen molar-refractivity contribution in [1.82, 2.24) is 14.1 Å². The molecular formula is C45H30N6O2. The van der Waals surface area contributed by atoms with Gasteiger partial charge in [-0.15, -0.1) is 0 Å². The molecule has 0 saturated carbocycles. The van der Waals surface area contributed by atoms with E-state index < -0.39 is 0 Å². The molecule has 252 valence electrons. The number of nitriles is 1. The number of para-hydroxylation sites is 2. The molecule has 9 aromatic rings. The Morgan fingerprint density at radius 1 is 0.566 bits per heavy atom. The lowest BCUT2D eigenvalue weighted by atomic mass is 10.1. The summed E-state index contributed by atoms with van der Waals surface area (Å²) in [6, 6.07) is 50.5. The zero-order valence-corrected chi connectivity index (χ0v) is 28.9. The van der Waals surface area contributed by atoms with Crippen LogP contribution in [0.15, 0.2) is 146 Å². The second kappa shape index (κ2) is 12.6. The Balaban J connectivity index is 1.40. The summed E-state index contributed by atoms with van der Waals surface area (Å²) in [7, 11) is 3.35. The van der Waals surface area contributed by atoms with Crippen LogP contribution in [0.3, 0.4) is 0 Å². The SMILES string of the molecule is [C-]#[N+]c1ccc(N(c2ccc(C#N)cc2)c2cc(-n3c4ccccc4c4ccccc43)nc(-n3c4ccc(OC)cc4c4cc(OC)ccc43)c2)cc1. The van der Waals surface area contributed by atoms with Gasteiger partial charge in [0.15, 0.2) is 5.69 Å². The number of hydrogen-bond donors (Lipinski definition) is 0. The third-order valence-electron chi connectivity index (χ3n) is 9.75. The molecule has 3 aromatic heterocycles. The lowest BCUT2D eigenvalue weighted by Crippen LogP contribution is -2.13. The molecular weight excluding hydrogens is 657 g/mol. The monoisotopic (exact) mass is 686 g/mol. The van der Waals surface area contributed by atoms with E-state index in [0.717, 1.165) is 78.0 Å². The first-order chi connectivity index (χ1) is 26.1. The molecule has 8 nitrogen and oxygen atoms in total. The van der Waals surface area contributed by atoms with Crippen molar-refractivity contribution in [3.05, 3.63) is 163 Å². The Kier molecular flexibility index (Phi) is 7.50. The van der Waals surface area contributed by atoms with Gasteiger partial charge in [0.25, 0.3) is 0 Å². The summed E-state index contributed by atoms with van der Waals surface area (Å²) in [5.74, 6) is 2.93. The number of fused-ring (bicyclic) bond motifs is 6. The maximum Gasteiger partial charge on any atom is 0.187 e. The number of hydrogen-bond acceptors (Lipinski definition) is 5. The highest BCUT2D eigenvalue weighted by Gasteiger charge is 2.22. The van der Waals surface area contributed by atoms with Crippen molar-refractivity contribution in [2.24, 2.45) is 0 Å². The number of anilines is 3. The summed E-state index contributed by atoms with van der Waals surface area (Å²) >= 11 is 0. The van der Waals surface area contributed by atoms with E-state index in [0.29, 0.717) is 17.1 Å². The fourth-order valence-electron chi connectivity index (χ4n) is 7.31. The van der Waals surface area contributed by atoms with Crippen molar-refractivity contribution >= 4 is 66.4 Å². The highest BCUT2D eigenvalue weighted by atomic mass is 16.5. The lowest BCUT2D eigenvalue weighted by Gasteiger charge is -2.27. The molecule has 0 amide bonds. The number of methoxy groups -OCH3 is 2. The summed E-state index contributed by atoms with van der Waals surface area (Å²) in [4.78, 5) is 11.3. The molecule has 0 saturated heterocycles. The van der Waals surface area contributed by atoms with Gasteiger partial charge < -0.3 is 14.4 Å². The maximum absolute atomic E-state index is 9.63. The number of benzene rings is 6. The number of aromatic nitrogens is 3. The van der Waals surface area contributed by atoms with Gasteiger partial charge in [-0.1, -0.05) is 48.5 Å². The first kappa shape index (κ1) is 31.4. The van der Waals surface area contributed by atoms with Crippen LogP contribution in [-0.2, 0) is 0 Å². The molecule has 0 fully saturated rings. The average molecular weight is 687 g/mol. The van der Waals surface area contributed by atoms with Gasteiger partial charge in [0.05, 0.1) is 60.2 Å². The van der Waals surface area contributed by atoms with Gasteiger partial charge in [-0.3, -0.25) is 9.13 Å². The van der Waals surface area contributed by atoms with Crippen LogP contribution in [0.5, 0.6) is 11.5 Å². The second-order valence-corrected chi connectivity index (χ2v) is 12.6. The minimum Gasteiger partial charge on any atom is -0.497 e. The second-order valence-electron chi connectivity index (χ2n) is 12.6. The topological polar surface area (TPSA) is 72.6 Å². The van der Waals surface area contributed by atoms with Crippen LogP contribution in [0, 0.1) is 17.9 Å². The molecule has 0 atom stereocenters. The molecule has 9 rings (SSSR count). The van der Waals surface area contributed by atoms with Crippen molar-refractivity contribution in [2.45, 2.75) is 0 Å². The van der Waals surface area contributed by atoms with E-state index in [4.69, 9.17) is 21.0 Å². The van der Waals surface area contributed by atoms with Crippen molar-refractivity contribution < 1.29 is 9.47 Å². The van der Waals surface area contributed by atoms with Gasteiger partial charge >= 0.3 is 0 Å². The first-order valence-electron chi connectivity index (χ1n) is 17.0. The number of nitrogens with zero attached hydrogens (tertiary/aromatic N) is 6. The molecule has 3 heterocycles. The summed E-state index contributed by atoms with van der Waals surface area (Å²) in [5, 5.41) is 13.9. The molecule has 0 aliphatic rings. The van der Waals surface area contributed by atoms with E-state index in [1.165, 1.54) is 0 Å². The minimum absolute atomic E-state index is 0.547. The molecule has 0 spiro atoms. The lowest BCUT2D eigenvalue weighted by molar-refractivity contribution is 0.415. The summed E-state index contributed by atoms with van der Waals surface area (Å²) in [5.41, 5.74) is 7.63. The van der Waals surface area contributed by atoms with E-state index >= 15 is 0 Å². The largest absolute Gasteiger partial charge is 0.497 e. The molecule has 8 heteroatoms. The molecule has 0 radical (unpaired) electrons. The fourth-order valence-corrected chi connectivity index (χ4v) is 7.31. The fraction of sp³-hybridized carbons (Fsp3) is 0.0444. The highest BCUT2D eigenvalue weighted by Crippen LogP contribution is 2.41. The molecule has 0 bridgehead atoms. The third-order valence-corrected chi connectivity index (χ3v) is 9.75. The number of rotatable bonds is 7. The van der Waals surface area contributed by atoms with Gasteiger partial charge in [0, 0.05) is 45.1 Å². The van der Waals surface area contributed by atoms with Crippen LogP contribution < -0.4 is 14.4 Å². The van der Waals surface area contributed by atoms with Gasteiger partial charge in [-0.25, -0.2) is 9.83 Å². The van der Waals surface area contributed by atoms with E-state index in [1.54, 1.807) is 14.2 Å². The van der Waals surface area contributed by atoms with E-state index in [-0.39, 0.29) is 0 Å². The van der Waals surface area contributed by atoms with Crippen molar-refractivity contribution in [2.75, 3.05) is 19.1 Å².